The van der Waals surface area contributed by atoms with Crippen LogP contribution in [0.5, 0.6) is 0 Å². The molecule has 9 heteroatoms. The average molecular weight is 438 g/mol. The largest absolute Gasteiger partial charge is 0.368 e. The summed E-state index contributed by atoms with van der Waals surface area (Å²) >= 11 is 12.6. The number of hydrogen-bond acceptors (Lipinski definition) is 5. The molecule has 2 saturated heterocycles. The molecule has 0 N–H and O–H groups in total. The van der Waals surface area contributed by atoms with Gasteiger partial charge in [0.1, 0.15) is 23.1 Å². The van der Waals surface area contributed by atoms with Crippen molar-refractivity contribution in [2.45, 2.75) is 25.9 Å². The summed E-state index contributed by atoms with van der Waals surface area (Å²) in [5, 5.41) is 4.84. The number of aryl methyl sites for hydroxylation is 1. The van der Waals surface area contributed by atoms with Gasteiger partial charge in [-0.3, -0.25) is 9.59 Å². The molecule has 0 spiro atoms. The number of nitrogens with zero attached hydrogens (tertiary/aromatic N) is 3. The van der Waals surface area contributed by atoms with Crippen molar-refractivity contribution < 1.29 is 18.8 Å². The highest BCUT2D eigenvalue weighted by Gasteiger charge is 2.34. The van der Waals surface area contributed by atoms with E-state index >= 15 is 0 Å². The molecule has 3 heterocycles. The Morgan fingerprint density at radius 1 is 1.10 bits per heavy atom. The number of ether oxygens (including phenoxy) is 1. The van der Waals surface area contributed by atoms with Crippen molar-refractivity contribution in [3.63, 3.8) is 0 Å². The van der Waals surface area contributed by atoms with Crippen LogP contribution in [0.4, 0.5) is 0 Å². The molecular formula is C20H21Cl2N3O4. The first kappa shape index (κ1) is 20.2. The number of amides is 2. The molecule has 0 saturated carbocycles. The molecule has 2 aromatic rings. The second kappa shape index (κ2) is 8.34. The molecule has 7 nitrogen and oxygen atoms in total. The van der Waals surface area contributed by atoms with E-state index in [0.29, 0.717) is 65.4 Å². The van der Waals surface area contributed by atoms with Gasteiger partial charge in [-0.2, -0.15) is 0 Å². The summed E-state index contributed by atoms with van der Waals surface area (Å²) < 4.78 is 10.8. The fraction of sp³-hybridized carbons (Fsp3) is 0.450. The van der Waals surface area contributed by atoms with Crippen LogP contribution in [0.3, 0.4) is 0 Å². The lowest BCUT2D eigenvalue weighted by Gasteiger charge is -2.35. The van der Waals surface area contributed by atoms with Crippen molar-refractivity contribution in [3.05, 3.63) is 39.6 Å². The lowest BCUT2D eigenvalue weighted by molar-refractivity contribution is -0.142. The highest BCUT2D eigenvalue weighted by molar-refractivity contribution is 6.39. The maximum atomic E-state index is 13.2. The number of hydrogen-bond donors (Lipinski definition) is 0. The van der Waals surface area contributed by atoms with Gasteiger partial charge in [-0.15, -0.1) is 0 Å². The monoisotopic (exact) mass is 437 g/mol. The predicted octanol–water partition coefficient (Wildman–Crippen LogP) is 3.42. The van der Waals surface area contributed by atoms with Crippen LogP contribution >= 0.6 is 23.2 Å². The number of carbonyl (C=O) groups excluding carboxylic acids is 2. The zero-order chi connectivity index (χ0) is 20.5. The first-order valence-electron chi connectivity index (χ1n) is 9.57. The third-order valence-corrected chi connectivity index (χ3v) is 5.99. The van der Waals surface area contributed by atoms with Gasteiger partial charge in [0.05, 0.1) is 10.0 Å². The van der Waals surface area contributed by atoms with Crippen molar-refractivity contribution in [2.24, 2.45) is 0 Å². The van der Waals surface area contributed by atoms with Crippen LogP contribution < -0.4 is 0 Å². The van der Waals surface area contributed by atoms with E-state index < -0.39 is 0 Å². The van der Waals surface area contributed by atoms with Gasteiger partial charge in [0.2, 0.25) is 0 Å². The van der Waals surface area contributed by atoms with E-state index in [2.05, 4.69) is 5.16 Å². The van der Waals surface area contributed by atoms with E-state index in [1.54, 1.807) is 34.9 Å². The Hall–Kier alpha value is -2.09. The molecule has 29 heavy (non-hydrogen) atoms. The van der Waals surface area contributed by atoms with Gasteiger partial charge in [-0.1, -0.05) is 34.4 Å². The van der Waals surface area contributed by atoms with Gasteiger partial charge in [0, 0.05) is 38.3 Å². The van der Waals surface area contributed by atoms with E-state index in [1.807, 2.05) is 0 Å². The molecule has 2 amide bonds. The van der Waals surface area contributed by atoms with Crippen LogP contribution in [0.15, 0.2) is 22.7 Å². The van der Waals surface area contributed by atoms with E-state index in [9.17, 15) is 9.59 Å². The minimum absolute atomic E-state index is 0.0132. The Labute approximate surface area is 178 Å². The van der Waals surface area contributed by atoms with Crippen LogP contribution in [0, 0.1) is 6.92 Å². The zero-order valence-corrected chi connectivity index (χ0v) is 17.5. The summed E-state index contributed by atoms with van der Waals surface area (Å²) in [6.07, 6.45) is 1.33. The maximum Gasteiger partial charge on any atom is 0.259 e. The van der Waals surface area contributed by atoms with Crippen LogP contribution in [-0.4, -0.2) is 65.7 Å². The number of benzene rings is 1. The average Bonchev–Trinajstić information content (AvgIpc) is 3.37. The molecule has 2 fully saturated rings. The molecule has 1 aromatic carbocycles. The fourth-order valence-electron chi connectivity index (χ4n) is 3.78. The second-order valence-corrected chi connectivity index (χ2v) is 7.99. The van der Waals surface area contributed by atoms with Crippen molar-refractivity contribution in [1.82, 2.24) is 15.0 Å². The van der Waals surface area contributed by atoms with Crippen molar-refractivity contribution in [2.75, 3.05) is 32.8 Å². The van der Waals surface area contributed by atoms with Crippen LogP contribution in [-0.2, 0) is 9.53 Å². The molecule has 2 aliphatic heterocycles. The van der Waals surface area contributed by atoms with E-state index in [0.717, 1.165) is 12.8 Å². The van der Waals surface area contributed by atoms with Gasteiger partial charge < -0.3 is 19.1 Å². The van der Waals surface area contributed by atoms with Crippen LogP contribution in [0.1, 0.15) is 29.0 Å². The van der Waals surface area contributed by atoms with Gasteiger partial charge in [0.25, 0.3) is 11.8 Å². The quantitative estimate of drug-likeness (QED) is 0.734. The predicted molar refractivity (Wildman–Crippen MR) is 108 cm³/mol. The highest BCUT2D eigenvalue weighted by Crippen LogP contribution is 2.37. The summed E-state index contributed by atoms with van der Waals surface area (Å²) in [6, 6.07) is 5.11. The minimum atomic E-state index is -0.341. The van der Waals surface area contributed by atoms with E-state index in [1.165, 1.54) is 0 Å². The number of rotatable bonds is 3. The molecule has 2 aliphatic rings. The Kier molecular flexibility index (Phi) is 5.81. The number of aromatic nitrogens is 1. The molecule has 1 unspecified atom stereocenters. The first-order valence-corrected chi connectivity index (χ1v) is 10.3. The third-order valence-electron chi connectivity index (χ3n) is 5.36. The number of halogens is 2. The number of piperazine rings is 1. The van der Waals surface area contributed by atoms with Gasteiger partial charge in [-0.05, 0) is 31.9 Å². The fourth-order valence-corrected chi connectivity index (χ4v) is 4.36. The van der Waals surface area contributed by atoms with Gasteiger partial charge in [-0.25, -0.2) is 0 Å². The Morgan fingerprint density at radius 2 is 1.76 bits per heavy atom. The topological polar surface area (TPSA) is 75.9 Å². The standard InChI is InChI=1S/C20H21Cl2N3O4/c1-12-16(18(23-29-12)17-13(21)4-2-5-14(17)22)20(27)25-9-7-24(8-10-25)19(26)15-6-3-11-28-15/h2,4-5,15H,3,6-11H2,1H3. The second-order valence-electron chi connectivity index (χ2n) is 7.18. The Morgan fingerprint density at radius 3 is 2.38 bits per heavy atom. The van der Waals surface area contributed by atoms with E-state index in [4.69, 9.17) is 32.5 Å². The summed E-state index contributed by atoms with van der Waals surface area (Å²) in [5.41, 5.74) is 1.16. The third kappa shape index (κ3) is 3.86. The summed E-state index contributed by atoms with van der Waals surface area (Å²) in [7, 11) is 0. The SMILES string of the molecule is Cc1onc(-c2c(Cl)cccc2Cl)c1C(=O)N1CCN(C(=O)C2CCCO2)CC1. The molecule has 1 aromatic heterocycles. The lowest BCUT2D eigenvalue weighted by atomic mass is 10.0. The van der Waals surface area contributed by atoms with Crippen LogP contribution in [0.2, 0.25) is 10.0 Å². The van der Waals surface area contributed by atoms with Crippen molar-refractivity contribution in [3.8, 4) is 11.3 Å². The summed E-state index contributed by atoms with van der Waals surface area (Å²) in [4.78, 5) is 29.2. The zero-order valence-electron chi connectivity index (χ0n) is 16.0. The lowest BCUT2D eigenvalue weighted by Crippen LogP contribution is -2.52. The molecule has 0 radical (unpaired) electrons. The Balaban J connectivity index is 1.51. The van der Waals surface area contributed by atoms with Crippen molar-refractivity contribution in [1.29, 1.82) is 0 Å². The number of carbonyl (C=O) groups is 2. The first-order chi connectivity index (χ1) is 14.0. The van der Waals surface area contributed by atoms with Crippen LogP contribution in [0.25, 0.3) is 11.3 Å². The smallest absolute Gasteiger partial charge is 0.259 e. The van der Waals surface area contributed by atoms with E-state index in [-0.39, 0.29) is 17.9 Å². The highest BCUT2D eigenvalue weighted by atomic mass is 35.5. The molecule has 154 valence electrons. The normalized spacial score (nSPS) is 19.6. The molecule has 1 atom stereocenters. The van der Waals surface area contributed by atoms with Crippen molar-refractivity contribution >= 4 is 35.0 Å². The van der Waals surface area contributed by atoms with Gasteiger partial charge >= 0.3 is 0 Å². The van der Waals surface area contributed by atoms with Gasteiger partial charge in [0.15, 0.2) is 0 Å². The Bertz CT molecular complexity index is 912. The maximum absolute atomic E-state index is 13.2. The molecule has 4 rings (SSSR count). The molecular weight excluding hydrogens is 417 g/mol. The minimum Gasteiger partial charge on any atom is -0.368 e. The summed E-state index contributed by atoms with van der Waals surface area (Å²) in [5.74, 6) is 0.206. The summed E-state index contributed by atoms with van der Waals surface area (Å²) in [6.45, 7) is 4.11. The molecule has 0 bridgehead atoms. The molecule has 0 aliphatic carbocycles.